The van der Waals surface area contributed by atoms with Gasteiger partial charge in [0.15, 0.2) is 0 Å². The highest BCUT2D eigenvalue weighted by Gasteiger charge is 2.21. The molecule has 1 saturated heterocycles. The number of carbonyl (C=O) groups excluding carboxylic acids is 1. The molecule has 0 saturated carbocycles. The van der Waals surface area contributed by atoms with Gasteiger partial charge in [-0.2, -0.15) is 0 Å². The van der Waals surface area contributed by atoms with Gasteiger partial charge in [-0.15, -0.1) is 0 Å². The van der Waals surface area contributed by atoms with Crippen molar-refractivity contribution in [1.82, 2.24) is 24.8 Å². The number of rotatable bonds is 5. The van der Waals surface area contributed by atoms with Gasteiger partial charge < -0.3 is 19.8 Å². The third-order valence-electron chi connectivity index (χ3n) is 5.23. The Bertz CT molecular complexity index is 1100. The van der Waals surface area contributed by atoms with Crippen molar-refractivity contribution < 1.29 is 4.79 Å². The number of H-pyrrole nitrogens is 1. The highest BCUT2D eigenvalue weighted by molar-refractivity contribution is 5.88. The van der Waals surface area contributed by atoms with Gasteiger partial charge in [0.2, 0.25) is 0 Å². The summed E-state index contributed by atoms with van der Waals surface area (Å²) in [5.41, 5.74) is 5.19. The van der Waals surface area contributed by atoms with Crippen LogP contribution in [0.5, 0.6) is 0 Å². The van der Waals surface area contributed by atoms with Gasteiger partial charge in [-0.05, 0) is 12.1 Å². The average Bonchev–Trinajstić information content (AvgIpc) is 3.44. The number of nitrogens with one attached hydrogen (secondary N) is 2. The van der Waals surface area contributed by atoms with E-state index in [9.17, 15) is 4.79 Å². The summed E-state index contributed by atoms with van der Waals surface area (Å²) in [4.78, 5) is 22.0. The van der Waals surface area contributed by atoms with Crippen molar-refractivity contribution in [2.45, 2.75) is 6.54 Å². The molecule has 140 valence electrons. The minimum atomic E-state index is 0.00978. The van der Waals surface area contributed by atoms with E-state index in [0.29, 0.717) is 19.6 Å². The molecule has 4 aromatic rings. The molecule has 2 N–H and O–H groups in total. The van der Waals surface area contributed by atoms with E-state index >= 15 is 0 Å². The van der Waals surface area contributed by atoms with Crippen LogP contribution in [0.3, 0.4) is 0 Å². The number of hydrogen-bond donors (Lipinski definition) is 2. The van der Waals surface area contributed by atoms with Crippen LogP contribution in [0.25, 0.3) is 33.5 Å². The van der Waals surface area contributed by atoms with E-state index in [1.54, 1.807) is 0 Å². The molecule has 6 nitrogen and oxygen atoms in total. The maximum Gasteiger partial charge on any atom is 0.317 e. The maximum atomic E-state index is 11.9. The molecule has 0 atom stereocenters. The van der Waals surface area contributed by atoms with Crippen LogP contribution in [0, 0.1) is 0 Å². The smallest absolute Gasteiger partial charge is 0.317 e. The van der Waals surface area contributed by atoms with Crippen molar-refractivity contribution in [3.8, 4) is 22.6 Å². The minimum Gasteiger partial charge on any atom is -0.353 e. The van der Waals surface area contributed by atoms with Crippen LogP contribution in [-0.2, 0) is 6.54 Å². The van der Waals surface area contributed by atoms with E-state index < -0.39 is 0 Å². The van der Waals surface area contributed by atoms with Crippen LogP contribution in [0.2, 0.25) is 0 Å². The molecule has 5 rings (SSSR count). The molecule has 6 heteroatoms. The van der Waals surface area contributed by atoms with Crippen LogP contribution in [-0.4, -0.2) is 45.1 Å². The lowest BCUT2D eigenvalue weighted by Crippen LogP contribution is -2.31. The van der Waals surface area contributed by atoms with Gasteiger partial charge in [-0.3, -0.25) is 0 Å². The molecule has 2 aromatic carbocycles. The second-order valence-corrected chi connectivity index (χ2v) is 6.99. The summed E-state index contributed by atoms with van der Waals surface area (Å²) in [6, 6.07) is 20.6. The topological polar surface area (TPSA) is 66.0 Å². The fourth-order valence-electron chi connectivity index (χ4n) is 3.80. The number of hydrogen-bond acceptors (Lipinski definition) is 2. The Morgan fingerprint density at radius 1 is 1.00 bits per heavy atom. The van der Waals surface area contributed by atoms with Crippen molar-refractivity contribution in [1.29, 1.82) is 0 Å². The van der Waals surface area contributed by atoms with Crippen molar-refractivity contribution in [3.63, 3.8) is 0 Å². The summed E-state index contributed by atoms with van der Waals surface area (Å²) in [6.45, 7) is 2.81. The van der Waals surface area contributed by atoms with Crippen molar-refractivity contribution in [2.75, 3.05) is 19.6 Å². The lowest BCUT2D eigenvalue weighted by atomic mass is 10.1. The molecule has 0 radical (unpaired) electrons. The van der Waals surface area contributed by atoms with Crippen molar-refractivity contribution in [2.24, 2.45) is 0 Å². The lowest BCUT2D eigenvalue weighted by Gasteiger charge is -2.16. The molecule has 2 amide bonds. The molecule has 1 aliphatic rings. The minimum absolute atomic E-state index is 0.00978. The van der Waals surface area contributed by atoms with E-state index in [0.717, 1.165) is 34.7 Å². The van der Waals surface area contributed by atoms with Gasteiger partial charge in [-0.1, -0.05) is 48.5 Å². The van der Waals surface area contributed by atoms with Gasteiger partial charge in [0.05, 0.1) is 23.4 Å². The predicted molar refractivity (Wildman–Crippen MR) is 110 cm³/mol. The zero-order chi connectivity index (χ0) is 18.9. The standard InChI is InChI=1S/C22H21N5O/c28-22-23-10-11-26(22)12-13-27-15-24-20(16-6-2-1-3-7-16)21(27)19-14-17-8-4-5-9-18(17)25-19/h1-9,14-15,25H,10-13H2,(H,23,28). The van der Waals surface area contributed by atoms with Gasteiger partial charge in [0.1, 0.15) is 0 Å². The summed E-state index contributed by atoms with van der Waals surface area (Å²) in [5.74, 6) is 0. The fraction of sp³-hybridized carbons (Fsp3) is 0.182. The summed E-state index contributed by atoms with van der Waals surface area (Å²) in [6.07, 6.45) is 1.87. The average molecular weight is 371 g/mol. The van der Waals surface area contributed by atoms with Gasteiger partial charge in [-0.25, -0.2) is 9.78 Å². The van der Waals surface area contributed by atoms with Crippen LogP contribution in [0.1, 0.15) is 0 Å². The SMILES string of the molecule is O=C1NCCN1CCn1cnc(-c2ccccc2)c1-c1cc2ccccc2[nH]1. The van der Waals surface area contributed by atoms with Crippen molar-refractivity contribution in [3.05, 3.63) is 67.0 Å². The third kappa shape index (κ3) is 2.93. The molecule has 2 aromatic heterocycles. The van der Waals surface area contributed by atoms with Crippen LogP contribution < -0.4 is 5.32 Å². The van der Waals surface area contributed by atoms with Gasteiger partial charge >= 0.3 is 6.03 Å². The highest BCUT2D eigenvalue weighted by atomic mass is 16.2. The number of carbonyl (C=O) groups is 1. The lowest BCUT2D eigenvalue weighted by molar-refractivity contribution is 0.215. The van der Waals surface area contributed by atoms with E-state index in [1.807, 2.05) is 41.6 Å². The molecule has 1 aliphatic heterocycles. The van der Waals surface area contributed by atoms with Gasteiger partial charge in [0, 0.05) is 42.6 Å². The summed E-state index contributed by atoms with van der Waals surface area (Å²) >= 11 is 0. The summed E-state index contributed by atoms with van der Waals surface area (Å²) in [7, 11) is 0. The van der Waals surface area contributed by atoms with E-state index in [1.165, 1.54) is 5.39 Å². The fourth-order valence-corrected chi connectivity index (χ4v) is 3.80. The first-order valence-corrected chi connectivity index (χ1v) is 9.51. The third-order valence-corrected chi connectivity index (χ3v) is 5.23. The van der Waals surface area contributed by atoms with E-state index in [-0.39, 0.29) is 6.03 Å². The van der Waals surface area contributed by atoms with Gasteiger partial charge in [0.25, 0.3) is 0 Å². The highest BCUT2D eigenvalue weighted by Crippen LogP contribution is 2.32. The van der Waals surface area contributed by atoms with E-state index in [4.69, 9.17) is 4.98 Å². The number of amides is 2. The van der Waals surface area contributed by atoms with E-state index in [2.05, 4.69) is 45.2 Å². The zero-order valence-corrected chi connectivity index (χ0v) is 15.4. The largest absolute Gasteiger partial charge is 0.353 e. The molecule has 0 spiro atoms. The number of imidazole rings is 1. The Morgan fingerprint density at radius 2 is 1.82 bits per heavy atom. The summed E-state index contributed by atoms with van der Waals surface area (Å²) < 4.78 is 2.14. The Hall–Kier alpha value is -3.54. The first kappa shape index (κ1) is 16.6. The van der Waals surface area contributed by atoms with Crippen molar-refractivity contribution >= 4 is 16.9 Å². The second kappa shape index (κ2) is 6.88. The molecular formula is C22H21N5O. The normalized spacial score (nSPS) is 14.0. The molecule has 3 heterocycles. The Labute approximate surface area is 162 Å². The molecule has 0 aliphatic carbocycles. The number of urea groups is 1. The van der Waals surface area contributed by atoms with Crippen LogP contribution >= 0.6 is 0 Å². The van der Waals surface area contributed by atoms with Crippen LogP contribution in [0.4, 0.5) is 4.79 Å². The second-order valence-electron chi connectivity index (χ2n) is 6.99. The molecule has 0 bridgehead atoms. The number of aromatic amines is 1. The Morgan fingerprint density at radius 3 is 2.61 bits per heavy atom. The number of nitrogens with zero attached hydrogens (tertiary/aromatic N) is 3. The molecular weight excluding hydrogens is 350 g/mol. The Balaban J connectivity index is 1.57. The first-order valence-electron chi connectivity index (χ1n) is 9.51. The molecule has 0 unspecified atom stereocenters. The quantitative estimate of drug-likeness (QED) is 0.561. The number of fused-ring (bicyclic) bond motifs is 1. The van der Waals surface area contributed by atoms with Crippen LogP contribution in [0.15, 0.2) is 67.0 Å². The first-order chi connectivity index (χ1) is 13.8. The zero-order valence-electron chi connectivity index (χ0n) is 15.4. The number of benzene rings is 2. The monoisotopic (exact) mass is 371 g/mol. The summed E-state index contributed by atoms with van der Waals surface area (Å²) in [5, 5.41) is 4.03. The maximum absolute atomic E-state index is 11.9. The molecule has 1 fully saturated rings. The number of para-hydroxylation sites is 1. The number of aromatic nitrogens is 3. The predicted octanol–water partition coefficient (Wildman–Crippen LogP) is 3.72. The Kier molecular flexibility index (Phi) is 4.09. The molecule has 28 heavy (non-hydrogen) atoms.